The monoisotopic (exact) mass is 429 g/mol. The first kappa shape index (κ1) is 19.0. The Kier molecular flexibility index (Phi) is 4.11. The second-order valence-corrected chi connectivity index (χ2v) is 8.72. The summed E-state index contributed by atoms with van der Waals surface area (Å²) < 4.78 is 7.62. The van der Waals surface area contributed by atoms with Gasteiger partial charge in [0.25, 0.3) is 0 Å². The molecule has 1 aromatic carbocycles. The predicted molar refractivity (Wildman–Crippen MR) is 121 cm³/mol. The van der Waals surface area contributed by atoms with E-state index in [1.54, 1.807) is 0 Å². The SMILES string of the molecule is Cc1cn2cc(-c3cc4ccc(N5CCN6C(=O)CCC6C5)cc4oc3=O)nc2c(C)n1. The highest BCUT2D eigenvalue weighted by molar-refractivity contribution is 5.84. The maximum atomic E-state index is 12.8. The minimum atomic E-state index is -0.411. The molecule has 8 nitrogen and oxygen atoms in total. The van der Waals surface area contributed by atoms with Crippen molar-refractivity contribution in [1.82, 2.24) is 19.3 Å². The fraction of sp³-hybridized carbons (Fsp3) is 0.333. The molecule has 2 aliphatic heterocycles. The molecule has 32 heavy (non-hydrogen) atoms. The first-order valence-electron chi connectivity index (χ1n) is 10.9. The fourth-order valence-corrected chi connectivity index (χ4v) is 5.01. The van der Waals surface area contributed by atoms with Crippen molar-refractivity contribution < 1.29 is 9.21 Å². The Hall–Kier alpha value is -3.68. The molecule has 1 amide bonds. The van der Waals surface area contributed by atoms with Crippen molar-refractivity contribution >= 4 is 28.2 Å². The molecule has 162 valence electrons. The van der Waals surface area contributed by atoms with E-state index >= 15 is 0 Å². The Morgan fingerprint density at radius 2 is 1.94 bits per heavy atom. The third-order valence-electron chi connectivity index (χ3n) is 6.58. The third kappa shape index (κ3) is 2.97. The molecule has 5 heterocycles. The molecule has 4 aromatic rings. The number of rotatable bonds is 2. The number of anilines is 1. The Labute approximate surface area is 184 Å². The lowest BCUT2D eigenvalue weighted by atomic mass is 10.1. The molecule has 2 saturated heterocycles. The number of aromatic nitrogens is 3. The van der Waals surface area contributed by atoms with Gasteiger partial charge in [-0.15, -0.1) is 0 Å². The van der Waals surface area contributed by atoms with E-state index in [2.05, 4.69) is 20.9 Å². The molecule has 0 N–H and O–H groups in total. The summed E-state index contributed by atoms with van der Waals surface area (Å²) in [5.74, 6) is 0.264. The number of hydrogen-bond acceptors (Lipinski definition) is 6. The quantitative estimate of drug-likeness (QED) is 0.456. The lowest BCUT2D eigenvalue weighted by molar-refractivity contribution is -0.129. The predicted octanol–water partition coefficient (Wildman–Crippen LogP) is 2.93. The van der Waals surface area contributed by atoms with Crippen LogP contribution in [0.1, 0.15) is 24.2 Å². The number of benzene rings is 1. The highest BCUT2D eigenvalue weighted by Gasteiger charge is 2.35. The van der Waals surface area contributed by atoms with Crippen LogP contribution in [0.15, 0.2) is 45.9 Å². The maximum absolute atomic E-state index is 12.8. The summed E-state index contributed by atoms with van der Waals surface area (Å²) in [4.78, 5) is 38.1. The van der Waals surface area contributed by atoms with Crippen LogP contribution >= 0.6 is 0 Å². The van der Waals surface area contributed by atoms with Crippen LogP contribution in [0.25, 0.3) is 27.9 Å². The Bertz CT molecular complexity index is 1450. The molecule has 2 fully saturated rings. The summed E-state index contributed by atoms with van der Waals surface area (Å²) in [6, 6.07) is 8.08. The molecule has 2 aliphatic rings. The van der Waals surface area contributed by atoms with Gasteiger partial charge in [0.1, 0.15) is 5.58 Å². The summed E-state index contributed by atoms with van der Waals surface area (Å²) in [6.45, 7) is 6.17. The van der Waals surface area contributed by atoms with E-state index in [1.165, 1.54) is 0 Å². The molecule has 8 heteroatoms. The highest BCUT2D eigenvalue weighted by atomic mass is 16.4. The largest absolute Gasteiger partial charge is 0.422 e. The number of fused-ring (bicyclic) bond motifs is 3. The highest BCUT2D eigenvalue weighted by Crippen LogP contribution is 2.29. The van der Waals surface area contributed by atoms with Gasteiger partial charge in [-0.3, -0.25) is 9.78 Å². The van der Waals surface area contributed by atoms with Crippen molar-refractivity contribution in [1.29, 1.82) is 0 Å². The average molecular weight is 429 g/mol. The lowest BCUT2D eigenvalue weighted by Crippen LogP contribution is -2.51. The van der Waals surface area contributed by atoms with E-state index in [0.717, 1.165) is 54.2 Å². The van der Waals surface area contributed by atoms with Crippen LogP contribution in [0.4, 0.5) is 5.69 Å². The van der Waals surface area contributed by atoms with Gasteiger partial charge < -0.3 is 18.6 Å². The molecular weight excluding hydrogens is 406 g/mol. The van der Waals surface area contributed by atoms with Crippen molar-refractivity contribution in [3.63, 3.8) is 0 Å². The van der Waals surface area contributed by atoms with Crippen LogP contribution in [-0.4, -0.2) is 50.9 Å². The first-order chi connectivity index (χ1) is 15.5. The standard InChI is InChI=1S/C24H23N5O3/c1-14-11-28-13-20(26-23(28)15(2)25-14)19-9-16-3-4-17(10-21(16)32-24(19)31)27-7-8-29-18(12-27)5-6-22(29)30/h3-4,9-11,13,18H,5-8,12H2,1-2H3. The summed E-state index contributed by atoms with van der Waals surface area (Å²) >= 11 is 0. The van der Waals surface area contributed by atoms with E-state index in [-0.39, 0.29) is 11.9 Å². The van der Waals surface area contributed by atoms with Crippen LogP contribution < -0.4 is 10.5 Å². The second-order valence-electron chi connectivity index (χ2n) is 8.72. The van der Waals surface area contributed by atoms with Gasteiger partial charge in [-0.1, -0.05) is 0 Å². The molecular formula is C24H23N5O3. The molecule has 0 spiro atoms. The lowest BCUT2D eigenvalue weighted by Gasteiger charge is -2.38. The van der Waals surface area contributed by atoms with Gasteiger partial charge in [0, 0.05) is 61.6 Å². The molecule has 1 atom stereocenters. The van der Waals surface area contributed by atoms with Crippen molar-refractivity contribution in [2.75, 3.05) is 24.5 Å². The van der Waals surface area contributed by atoms with Crippen molar-refractivity contribution in [3.8, 4) is 11.3 Å². The number of hydrogen-bond donors (Lipinski definition) is 0. The summed E-state index contributed by atoms with van der Waals surface area (Å²) in [5.41, 5.74) is 4.59. The maximum Gasteiger partial charge on any atom is 0.345 e. The number of carbonyl (C=O) groups is 1. The Morgan fingerprint density at radius 1 is 1.06 bits per heavy atom. The summed E-state index contributed by atoms with van der Waals surface area (Å²) in [7, 11) is 0. The van der Waals surface area contributed by atoms with E-state index in [0.29, 0.717) is 23.3 Å². The van der Waals surface area contributed by atoms with Gasteiger partial charge in [0.15, 0.2) is 5.65 Å². The van der Waals surface area contributed by atoms with Gasteiger partial charge in [-0.2, -0.15) is 0 Å². The number of carbonyl (C=O) groups excluding carboxylic acids is 1. The average Bonchev–Trinajstić information content (AvgIpc) is 3.36. The molecule has 3 aromatic heterocycles. The topological polar surface area (TPSA) is 84.0 Å². The number of imidazole rings is 1. The molecule has 0 aliphatic carbocycles. The minimum absolute atomic E-state index is 0.264. The van der Waals surface area contributed by atoms with E-state index in [4.69, 9.17) is 4.42 Å². The van der Waals surface area contributed by atoms with Gasteiger partial charge in [0.05, 0.1) is 22.6 Å². The third-order valence-corrected chi connectivity index (χ3v) is 6.58. The van der Waals surface area contributed by atoms with Crippen LogP contribution in [-0.2, 0) is 4.79 Å². The van der Waals surface area contributed by atoms with Crippen molar-refractivity contribution in [2.24, 2.45) is 0 Å². The van der Waals surface area contributed by atoms with Crippen LogP contribution in [0, 0.1) is 13.8 Å². The van der Waals surface area contributed by atoms with Crippen LogP contribution in [0.5, 0.6) is 0 Å². The van der Waals surface area contributed by atoms with Gasteiger partial charge in [0.2, 0.25) is 5.91 Å². The van der Waals surface area contributed by atoms with E-state index in [9.17, 15) is 9.59 Å². The number of amides is 1. The number of aryl methyl sites for hydroxylation is 2. The smallest absolute Gasteiger partial charge is 0.345 e. The Balaban J connectivity index is 1.36. The zero-order valence-electron chi connectivity index (χ0n) is 18.0. The summed E-state index contributed by atoms with van der Waals surface area (Å²) in [5, 5.41) is 0.848. The fourth-order valence-electron chi connectivity index (χ4n) is 5.01. The van der Waals surface area contributed by atoms with Gasteiger partial charge >= 0.3 is 5.63 Å². The summed E-state index contributed by atoms with van der Waals surface area (Å²) in [6.07, 6.45) is 5.29. The number of piperazine rings is 1. The molecule has 1 unspecified atom stereocenters. The zero-order valence-corrected chi connectivity index (χ0v) is 18.0. The number of nitrogens with zero attached hydrogens (tertiary/aromatic N) is 5. The molecule has 0 radical (unpaired) electrons. The van der Waals surface area contributed by atoms with Crippen molar-refractivity contribution in [2.45, 2.75) is 32.7 Å². The normalized spacial score (nSPS) is 18.7. The first-order valence-corrected chi connectivity index (χ1v) is 10.9. The van der Waals surface area contributed by atoms with Gasteiger partial charge in [-0.25, -0.2) is 9.78 Å². The van der Waals surface area contributed by atoms with Crippen LogP contribution in [0.3, 0.4) is 0 Å². The minimum Gasteiger partial charge on any atom is -0.422 e. The van der Waals surface area contributed by atoms with Crippen molar-refractivity contribution in [3.05, 3.63) is 58.5 Å². The van der Waals surface area contributed by atoms with Gasteiger partial charge in [-0.05, 0) is 38.5 Å². The molecule has 0 bridgehead atoms. The van der Waals surface area contributed by atoms with Crippen LogP contribution in [0.2, 0.25) is 0 Å². The zero-order chi connectivity index (χ0) is 22.0. The van der Waals surface area contributed by atoms with E-state index in [1.807, 2.05) is 53.7 Å². The second kappa shape index (κ2) is 6.91. The molecule has 0 saturated carbocycles. The van der Waals surface area contributed by atoms with E-state index < -0.39 is 5.63 Å². The Morgan fingerprint density at radius 3 is 2.81 bits per heavy atom. The molecule has 6 rings (SSSR count).